The largest absolute Gasteiger partial charge is 0.495 e. The minimum absolute atomic E-state index is 0.122. The standard InChI is InChI=1S/C28H32N2O3S/c1-28(2,3)19-14-15-20-23(17-19)34-27(30-24(31)16-18-10-6-5-7-11-18)25(20)26(32)29-21-12-8-9-13-22(21)33-4/h5-13,19H,14-17H2,1-4H3,(H,29,32)(H,30,31)/t19-/m0/s1. The molecule has 2 N–H and O–H groups in total. The molecule has 1 atom stereocenters. The molecule has 0 radical (unpaired) electrons. The van der Waals surface area contributed by atoms with Crippen molar-refractivity contribution in [3.63, 3.8) is 0 Å². The van der Waals surface area contributed by atoms with Crippen molar-refractivity contribution < 1.29 is 14.3 Å². The Bertz CT molecular complexity index is 1180. The van der Waals surface area contributed by atoms with E-state index in [1.807, 2.05) is 54.6 Å². The van der Waals surface area contributed by atoms with Gasteiger partial charge in [0.1, 0.15) is 10.8 Å². The van der Waals surface area contributed by atoms with Gasteiger partial charge in [0.05, 0.1) is 24.8 Å². The third kappa shape index (κ3) is 5.33. The fourth-order valence-corrected chi connectivity index (χ4v) is 5.88. The lowest BCUT2D eigenvalue weighted by Crippen LogP contribution is -2.27. The number of ether oxygens (including phenoxy) is 1. The third-order valence-electron chi connectivity index (χ3n) is 6.53. The van der Waals surface area contributed by atoms with Gasteiger partial charge in [0.2, 0.25) is 5.91 Å². The molecule has 0 bridgehead atoms. The molecule has 178 valence electrons. The number of thiophene rings is 1. The van der Waals surface area contributed by atoms with Crippen molar-refractivity contribution >= 4 is 33.8 Å². The van der Waals surface area contributed by atoms with Crippen LogP contribution in [0.1, 0.15) is 53.6 Å². The van der Waals surface area contributed by atoms with E-state index in [9.17, 15) is 9.59 Å². The molecule has 3 aromatic rings. The smallest absolute Gasteiger partial charge is 0.259 e. The molecule has 0 unspecified atom stereocenters. The van der Waals surface area contributed by atoms with Gasteiger partial charge in [0.25, 0.3) is 5.91 Å². The quantitative estimate of drug-likeness (QED) is 0.436. The van der Waals surface area contributed by atoms with Gasteiger partial charge < -0.3 is 15.4 Å². The molecule has 2 aromatic carbocycles. The van der Waals surface area contributed by atoms with Crippen molar-refractivity contribution in [1.82, 2.24) is 0 Å². The van der Waals surface area contributed by atoms with Crippen molar-refractivity contribution in [2.75, 3.05) is 17.7 Å². The molecular formula is C28H32N2O3S. The number of nitrogens with one attached hydrogen (secondary N) is 2. The van der Waals surface area contributed by atoms with Gasteiger partial charge >= 0.3 is 0 Å². The Labute approximate surface area is 205 Å². The molecule has 0 saturated heterocycles. The van der Waals surface area contributed by atoms with E-state index in [4.69, 9.17) is 4.74 Å². The Kier molecular flexibility index (Phi) is 7.08. The predicted octanol–water partition coefficient (Wildman–Crippen LogP) is 6.34. The van der Waals surface area contributed by atoms with Crippen LogP contribution in [-0.2, 0) is 24.1 Å². The first-order valence-corrected chi connectivity index (χ1v) is 12.5. The van der Waals surface area contributed by atoms with E-state index in [2.05, 4.69) is 31.4 Å². The molecule has 34 heavy (non-hydrogen) atoms. The molecule has 1 aromatic heterocycles. The van der Waals surface area contributed by atoms with Crippen LogP contribution in [0.2, 0.25) is 0 Å². The van der Waals surface area contributed by atoms with E-state index in [1.165, 1.54) is 4.88 Å². The lowest BCUT2D eigenvalue weighted by atomic mass is 9.72. The molecule has 2 amide bonds. The van der Waals surface area contributed by atoms with E-state index >= 15 is 0 Å². The van der Waals surface area contributed by atoms with Gasteiger partial charge in [0, 0.05) is 4.88 Å². The second kappa shape index (κ2) is 10.0. The Morgan fingerprint density at radius 1 is 1.03 bits per heavy atom. The van der Waals surface area contributed by atoms with Crippen LogP contribution in [0.15, 0.2) is 54.6 Å². The molecule has 0 saturated carbocycles. The van der Waals surface area contributed by atoms with Gasteiger partial charge in [-0.15, -0.1) is 11.3 Å². The summed E-state index contributed by atoms with van der Waals surface area (Å²) in [7, 11) is 1.58. The number of rotatable bonds is 6. The number of hydrogen-bond acceptors (Lipinski definition) is 4. The topological polar surface area (TPSA) is 67.4 Å². The Balaban J connectivity index is 1.65. The molecule has 6 heteroatoms. The zero-order valence-corrected chi connectivity index (χ0v) is 21.1. The second-order valence-corrected chi connectivity index (χ2v) is 11.0. The van der Waals surface area contributed by atoms with Gasteiger partial charge in [0.15, 0.2) is 0 Å². The van der Waals surface area contributed by atoms with Crippen molar-refractivity contribution in [3.8, 4) is 5.75 Å². The van der Waals surface area contributed by atoms with Crippen molar-refractivity contribution in [2.24, 2.45) is 11.3 Å². The highest BCUT2D eigenvalue weighted by atomic mass is 32.1. The lowest BCUT2D eigenvalue weighted by Gasteiger charge is -2.33. The summed E-state index contributed by atoms with van der Waals surface area (Å²) in [5.41, 5.74) is 3.39. The normalized spacial score (nSPS) is 15.4. The van der Waals surface area contributed by atoms with Crippen molar-refractivity contribution in [1.29, 1.82) is 0 Å². The monoisotopic (exact) mass is 476 g/mol. The van der Waals surface area contributed by atoms with E-state index in [0.717, 1.165) is 30.4 Å². The first-order chi connectivity index (χ1) is 16.3. The summed E-state index contributed by atoms with van der Waals surface area (Å²) in [6, 6.07) is 17.0. The SMILES string of the molecule is COc1ccccc1NC(=O)c1c(NC(=O)Cc2ccccc2)sc2c1CC[C@H](C(C)(C)C)C2. The van der Waals surface area contributed by atoms with E-state index < -0.39 is 0 Å². The highest BCUT2D eigenvalue weighted by Gasteiger charge is 2.34. The molecule has 1 aliphatic carbocycles. The van der Waals surface area contributed by atoms with Gasteiger partial charge in [-0.1, -0.05) is 63.2 Å². The summed E-state index contributed by atoms with van der Waals surface area (Å²) in [5.74, 6) is 0.800. The molecule has 4 rings (SSSR count). The Morgan fingerprint density at radius 2 is 1.74 bits per heavy atom. The number of fused-ring (bicyclic) bond motifs is 1. The molecule has 0 spiro atoms. The van der Waals surface area contributed by atoms with Crippen LogP contribution in [-0.4, -0.2) is 18.9 Å². The van der Waals surface area contributed by atoms with Crippen LogP contribution >= 0.6 is 11.3 Å². The molecule has 0 fully saturated rings. The number of anilines is 2. The van der Waals surface area contributed by atoms with Gasteiger partial charge in [-0.05, 0) is 53.9 Å². The van der Waals surface area contributed by atoms with Crippen molar-refractivity contribution in [2.45, 2.75) is 46.5 Å². The predicted molar refractivity (Wildman–Crippen MR) is 139 cm³/mol. The number of amides is 2. The van der Waals surface area contributed by atoms with E-state index in [-0.39, 0.29) is 23.7 Å². The summed E-state index contributed by atoms with van der Waals surface area (Å²) in [6.45, 7) is 6.82. The summed E-state index contributed by atoms with van der Waals surface area (Å²) < 4.78 is 5.41. The molecule has 0 aliphatic heterocycles. The number of benzene rings is 2. The van der Waals surface area contributed by atoms with Crippen LogP contribution in [0.5, 0.6) is 5.75 Å². The summed E-state index contributed by atoms with van der Waals surface area (Å²) in [6.07, 6.45) is 3.05. The Morgan fingerprint density at radius 3 is 2.44 bits per heavy atom. The zero-order chi connectivity index (χ0) is 24.3. The van der Waals surface area contributed by atoms with Crippen LogP contribution in [0.3, 0.4) is 0 Å². The summed E-state index contributed by atoms with van der Waals surface area (Å²) >= 11 is 1.55. The van der Waals surface area contributed by atoms with Crippen molar-refractivity contribution in [3.05, 3.63) is 76.2 Å². The molecule has 1 aliphatic rings. The lowest BCUT2D eigenvalue weighted by molar-refractivity contribution is -0.115. The highest BCUT2D eigenvalue weighted by molar-refractivity contribution is 7.17. The minimum Gasteiger partial charge on any atom is -0.495 e. The zero-order valence-electron chi connectivity index (χ0n) is 20.2. The Hall–Kier alpha value is -3.12. The first-order valence-electron chi connectivity index (χ1n) is 11.7. The van der Waals surface area contributed by atoms with Gasteiger partial charge in [-0.25, -0.2) is 0 Å². The number of carbonyl (C=O) groups excluding carboxylic acids is 2. The maximum Gasteiger partial charge on any atom is 0.259 e. The van der Waals surface area contributed by atoms with E-state index in [0.29, 0.717) is 27.9 Å². The van der Waals surface area contributed by atoms with Crippen LogP contribution in [0.4, 0.5) is 10.7 Å². The van der Waals surface area contributed by atoms with E-state index in [1.54, 1.807) is 18.4 Å². The number of para-hydroxylation sites is 2. The van der Waals surface area contributed by atoms with Crippen LogP contribution < -0.4 is 15.4 Å². The molecule has 1 heterocycles. The third-order valence-corrected chi connectivity index (χ3v) is 7.70. The fourth-order valence-electron chi connectivity index (χ4n) is 4.54. The fraction of sp³-hybridized carbons (Fsp3) is 0.357. The molecular weight excluding hydrogens is 444 g/mol. The highest BCUT2D eigenvalue weighted by Crippen LogP contribution is 2.44. The summed E-state index contributed by atoms with van der Waals surface area (Å²) in [4.78, 5) is 27.6. The average Bonchev–Trinajstić information content (AvgIpc) is 3.16. The van der Waals surface area contributed by atoms with Gasteiger partial charge in [-0.2, -0.15) is 0 Å². The van der Waals surface area contributed by atoms with Crippen LogP contribution in [0, 0.1) is 11.3 Å². The summed E-state index contributed by atoms with van der Waals surface area (Å²) in [5, 5.41) is 6.70. The minimum atomic E-state index is -0.216. The maximum absolute atomic E-state index is 13.5. The average molecular weight is 477 g/mol. The molecule has 5 nitrogen and oxygen atoms in total. The first kappa shape index (κ1) is 24.0. The maximum atomic E-state index is 13.5. The van der Waals surface area contributed by atoms with Crippen LogP contribution in [0.25, 0.3) is 0 Å². The van der Waals surface area contributed by atoms with Gasteiger partial charge in [-0.3, -0.25) is 9.59 Å². The number of hydrogen-bond donors (Lipinski definition) is 2. The second-order valence-electron chi connectivity index (χ2n) is 9.88. The number of carbonyl (C=O) groups is 2. The number of methoxy groups -OCH3 is 1.